The lowest BCUT2D eigenvalue weighted by Crippen LogP contribution is -2.50. The molecule has 1 saturated heterocycles. The van der Waals surface area contributed by atoms with Crippen LogP contribution >= 0.6 is 0 Å². The van der Waals surface area contributed by atoms with Crippen LogP contribution in [0, 0.1) is 6.92 Å². The molecule has 0 amide bonds. The number of nitrogen functional groups attached to an aromatic ring is 1. The maximum atomic E-state index is 6.27. The van der Waals surface area contributed by atoms with Crippen LogP contribution < -0.4 is 10.6 Å². The van der Waals surface area contributed by atoms with Crippen molar-refractivity contribution in [2.24, 2.45) is 0 Å². The highest BCUT2D eigenvalue weighted by atomic mass is 16.5. The second kappa shape index (κ2) is 9.21. The van der Waals surface area contributed by atoms with Crippen LogP contribution in [0.3, 0.4) is 0 Å². The van der Waals surface area contributed by atoms with Crippen molar-refractivity contribution in [3.05, 3.63) is 11.3 Å². The number of hydrogen-bond donors (Lipinski definition) is 1. The zero-order valence-corrected chi connectivity index (χ0v) is 15.8. The number of nitrogens with zero attached hydrogens (tertiary/aromatic N) is 3. The van der Waals surface area contributed by atoms with Gasteiger partial charge in [0.25, 0.3) is 0 Å². The molecule has 0 aromatic carbocycles. The first kappa shape index (κ1) is 19.0. The van der Waals surface area contributed by atoms with Crippen molar-refractivity contribution in [2.75, 3.05) is 23.8 Å². The van der Waals surface area contributed by atoms with E-state index in [-0.39, 0.29) is 12.1 Å². The number of aromatic nitrogens is 2. The van der Waals surface area contributed by atoms with E-state index in [9.17, 15) is 0 Å². The first-order chi connectivity index (χ1) is 11.5. The van der Waals surface area contributed by atoms with Crippen molar-refractivity contribution < 1.29 is 4.74 Å². The average Bonchev–Trinajstić information content (AvgIpc) is 2.52. The molecule has 2 N–H and O–H groups in total. The molecular formula is C19H34N4O. The fourth-order valence-corrected chi connectivity index (χ4v) is 3.51. The van der Waals surface area contributed by atoms with Gasteiger partial charge in [0.1, 0.15) is 5.82 Å². The lowest BCUT2D eigenvalue weighted by atomic mass is 10.0. The van der Waals surface area contributed by atoms with Gasteiger partial charge in [-0.2, -0.15) is 4.98 Å². The molecule has 1 aliphatic rings. The van der Waals surface area contributed by atoms with Crippen LogP contribution in [0.4, 0.5) is 11.8 Å². The van der Waals surface area contributed by atoms with Gasteiger partial charge in [-0.05, 0) is 33.6 Å². The minimum atomic E-state index is 0.275. The summed E-state index contributed by atoms with van der Waals surface area (Å²) in [6.07, 6.45) is 8.70. The Hall–Kier alpha value is -1.36. The zero-order valence-electron chi connectivity index (χ0n) is 15.8. The molecule has 1 aromatic rings. The third kappa shape index (κ3) is 4.82. The minimum Gasteiger partial charge on any atom is -0.383 e. The number of hydrogen-bond acceptors (Lipinski definition) is 5. The van der Waals surface area contributed by atoms with Crippen LogP contribution in [0.25, 0.3) is 0 Å². The molecular weight excluding hydrogens is 300 g/mol. The monoisotopic (exact) mass is 334 g/mol. The average molecular weight is 335 g/mol. The molecule has 1 aliphatic heterocycles. The van der Waals surface area contributed by atoms with E-state index in [0.717, 1.165) is 23.6 Å². The molecule has 2 heterocycles. The number of aryl methyl sites for hydroxylation is 1. The normalized spacial score (nSPS) is 21.2. The summed E-state index contributed by atoms with van der Waals surface area (Å²) in [5.41, 5.74) is 8.43. The number of nitrogens with two attached hydrogens (primary N) is 1. The Kier molecular flexibility index (Phi) is 7.28. The van der Waals surface area contributed by atoms with E-state index in [2.05, 4.69) is 37.6 Å². The van der Waals surface area contributed by atoms with Gasteiger partial charge in [-0.3, -0.25) is 0 Å². The van der Waals surface area contributed by atoms with Crippen LogP contribution in [0.5, 0.6) is 0 Å². The summed E-state index contributed by atoms with van der Waals surface area (Å²) in [5.74, 6) is 1.40. The van der Waals surface area contributed by atoms with Gasteiger partial charge in [-0.15, -0.1) is 0 Å². The molecule has 136 valence electrons. The summed E-state index contributed by atoms with van der Waals surface area (Å²) in [7, 11) is 0. The number of ether oxygens (including phenoxy) is 1. The third-order valence-electron chi connectivity index (χ3n) is 4.91. The van der Waals surface area contributed by atoms with Gasteiger partial charge in [0.2, 0.25) is 5.95 Å². The van der Waals surface area contributed by atoms with Gasteiger partial charge in [-0.1, -0.05) is 39.0 Å². The predicted octanol–water partition coefficient (Wildman–Crippen LogP) is 3.88. The van der Waals surface area contributed by atoms with Gasteiger partial charge in [0.05, 0.1) is 25.3 Å². The molecule has 0 aliphatic carbocycles. The Balaban J connectivity index is 2.00. The number of anilines is 2. The predicted molar refractivity (Wildman–Crippen MR) is 100 cm³/mol. The Morgan fingerprint density at radius 3 is 2.29 bits per heavy atom. The Bertz CT molecular complexity index is 487. The van der Waals surface area contributed by atoms with E-state index in [0.29, 0.717) is 19.0 Å². The fraction of sp³-hybridized carbons (Fsp3) is 0.789. The Labute approximate surface area is 147 Å². The fourth-order valence-electron chi connectivity index (χ4n) is 3.51. The van der Waals surface area contributed by atoms with E-state index in [1.807, 2.05) is 0 Å². The molecule has 0 saturated carbocycles. The number of unbranched alkanes of at least 4 members (excludes halogenated alkanes) is 5. The SMILES string of the molecule is CCCCCCCCc1c(C)nc(N2[C@@H](C)COC[C@@H]2C)nc1N. The van der Waals surface area contributed by atoms with Crippen molar-refractivity contribution in [3.63, 3.8) is 0 Å². The molecule has 5 nitrogen and oxygen atoms in total. The second-order valence-electron chi connectivity index (χ2n) is 7.13. The van der Waals surface area contributed by atoms with Crippen molar-refractivity contribution in [1.29, 1.82) is 0 Å². The summed E-state index contributed by atoms with van der Waals surface area (Å²) in [5, 5.41) is 0. The summed E-state index contributed by atoms with van der Waals surface area (Å²) < 4.78 is 5.59. The standard InChI is InChI=1S/C19H34N4O/c1-5-6-7-8-9-10-11-17-16(4)21-19(22-18(17)20)23-14(2)12-24-13-15(23)3/h14-15H,5-13H2,1-4H3,(H2,20,21,22)/t14-,15-/m0/s1. The van der Waals surface area contributed by atoms with Crippen molar-refractivity contribution in [1.82, 2.24) is 9.97 Å². The first-order valence-corrected chi connectivity index (χ1v) is 9.53. The molecule has 0 bridgehead atoms. The van der Waals surface area contributed by atoms with Gasteiger partial charge in [-0.25, -0.2) is 4.98 Å². The van der Waals surface area contributed by atoms with Crippen LogP contribution in [0.2, 0.25) is 0 Å². The highest BCUT2D eigenvalue weighted by Crippen LogP contribution is 2.25. The zero-order chi connectivity index (χ0) is 17.5. The van der Waals surface area contributed by atoms with E-state index in [1.165, 1.54) is 38.5 Å². The highest BCUT2D eigenvalue weighted by molar-refractivity contribution is 5.49. The molecule has 2 rings (SSSR count). The lowest BCUT2D eigenvalue weighted by molar-refractivity contribution is 0.0747. The molecule has 2 atom stereocenters. The molecule has 24 heavy (non-hydrogen) atoms. The Morgan fingerprint density at radius 1 is 1.04 bits per heavy atom. The quantitative estimate of drug-likeness (QED) is 0.731. The highest BCUT2D eigenvalue weighted by Gasteiger charge is 2.28. The van der Waals surface area contributed by atoms with E-state index < -0.39 is 0 Å². The van der Waals surface area contributed by atoms with E-state index in [1.54, 1.807) is 0 Å². The third-order valence-corrected chi connectivity index (χ3v) is 4.91. The summed E-state index contributed by atoms with van der Waals surface area (Å²) in [4.78, 5) is 11.6. The van der Waals surface area contributed by atoms with E-state index in [4.69, 9.17) is 15.5 Å². The molecule has 0 radical (unpaired) electrons. The van der Waals surface area contributed by atoms with Gasteiger partial charge < -0.3 is 15.4 Å². The van der Waals surface area contributed by atoms with Crippen molar-refractivity contribution in [2.45, 2.75) is 84.7 Å². The van der Waals surface area contributed by atoms with Gasteiger partial charge >= 0.3 is 0 Å². The molecule has 0 spiro atoms. The van der Waals surface area contributed by atoms with Crippen LogP contribution in [-0.2, 0) is 11.2 Å². The molecule has 1 fully saturated rings. The first-order valence-electron chi connectivity index (χ1n) is 9.53. The summed E-state index contributed by atoms with van der Waals surface area (Å²) >= 11 is 0. The van der Waals surface area contributed by atoms with Gasteiger partial charge in [0.15, 0.2) is 0 Å². The van der Waals surface area contributed by atoms with E-state index >= 15 is 0 Å². The molecule has 1 aromatic heterocycles. The Morgan fingerprint density at radius 2 is 1.67 bits per heavy atom. The smallest absolute Gasteiger partial charge is 0.228 e. The second-order valence-corrected chi connectivity index (χ2v) is 7.13. The summed E-state index contributed by atoms with van der Waals surface area (Å²) in [6.45, 7) is 10.0. The largest absolute Gasteiger partial charge is 0.383 e. The van der Waals surface area contributed by atoms with Crippen molar-refractivity contribution >= 4 is 11.8 Å². The maximum absolute atomic E-state index is 6.27. The maximum Gasteiger partial charge on any atom is 0.228 e. The molecule has 0 unspecified atom stereocenters. The molecule has 5 heteroatoms. The number of morpholine rings is 1. The topological polar surface area (TPSA) is 64.3 Å². The number of rotatable bonds is 8. The summed E-state index contributed by atoms with van der Waals surface area (Å²) in [6, 6.07) is 0.550. The minimum absolute atomic E-state index is 0.275. The van der Waals surface area contributed by atoms with Gasteiger partial charge in [0, 0.05) is 11.3 Å². The van der Waals surface area contributed by atoms with Crippen LogP contribution in [0.15, 0.2) is 0 Å². The van der Waals surface area contributed by atoms with Crippen molar-refractivity contribution in [3.8, 4) is 0 Å². The van der Waals surface area contributed by atoms with Crippen LogP contribution in [-0.4, -0.2) is 35.3 Å². The lowest BCUT2D eigenvalue weighted by Gasteiger charge is -2.39. The van der Waals surface area contributed by atoms with Crippen LogP contribution in [0.1, 0.15) is 70.6 Å².